The Hall–Kier alpha value is -1.04. The van der Waals surface area contributed by atoms with Gasteiger partial charge >= 0.3 is 6.18 Å². The van der Waals surface area contributed by atoms with Crippen molar-refractivity contribution in [1.29, 1.82) is 0 Å². The van der Waals surface area contributed by atoms with Crippen LogP contribution in [0.1, 0.15) is 44.9 Å². The molecule has 0 bridgehead atoms. The number of nitrogens with two attached hydrogens (primary N) is 1. The van der Waals surface area contributed by atoms with E-state index in [2.05, 4.69) is 5.10 Å². The largest absolute Gasteiger partial charge is 0.433 e. The van der Waals surface area contributed by atoms with Crippen LogP contribution in [0.5, 0.6) is 0 Å². The highest BCUT2D eigenvalue weighted by atomic mass is 19.4. The van der Waals surface area contributed by atoms with Crippen LogP contribution in [-0.4, -0.2) is 9.78 Å². The lowest BCUT2D eigenvalue weighted by Crippen LogP contribution is -2.31. The molecule has 1 aliphatic rings. The lowest BCUT2D eigenvalue weighted by Gasteiger charge is -2.24. The van der Waals surface area contributed by atoms with Crippen molar-refractivity contribution in [2.45, 2.75) is 50.9 Å². The smallest absolute Gasteiger partial charge is 0.321 e. The fraction of sp³-hybridized carbons (Fsp3) is 0.727. The maximum absolute atomic E-state index is 13.1. The van der Waals surface area contributed by atoms with Crippen molar-refractivity contribution in [3.05, 3.63) is 17.5 Å². The Labute approximate surface area is 97.8 Å². The van der Waals surface area contributed by atoms with Crippen molar-refractivity contribution >= 4 is 0 Å². The Morgan fingerprint density at radius 1 is 1.29 bits per heavy atom. The highest BCUT2D eigenvalue weighted by Gasteiger charge is 2.50. The number of alkyl halides is 3. The van der Waals surface area contributed by atoms with E-state index in [4.69, 9.17) is 5.73 Å². The van der Waals surface area contributed by atoms with Crippen LogP contribution in [0.3, 0.4) is 0 Å². The maximum Gasteiger partial charge on any atom is 0.433 e. The molecular formula is C11H16F3N3. The zero-order valence-electron chi connectivity index (χ0n) is 10.1. The van der Waals surface area contributed by atoms with E-state index in [1.54, 1.807) is 20.8 Å². The summed E-state index contributed by atoms with van der Waals surface area (Å²) in [7, 11) is 0. The van der Waals surface area contributed by atoms with E-state index in [-0.39, 0.29) is 5.56 Å². The molecule has 1 heterocycles. The van der Waals surface area contributed by atoms with Gasteiger partial charge in [0.2, 0.25) is 0 Å². The Morgan fingerprint density at radius 3 is 2.18 bits per heavy atom. The molecule has 96 valence electrons. The van der Waals surface area contributed by atoms with Gasteiger partial charge in [-0.1, -0.05) is 0 Å². The van der Waals surface area contributed by atoms with Crippen LogP contribution in [0.15, 0.2) is 6.20 Å². The molecule has 0 aromatic carbocycles. The van der Waals surface area contributed by atoms with Gasteiger partial charge in [-0.3, -0.25) is 4.68 Å². The van der Waals surface area contributed by atoms with Crippen molar-refractivity contribution < 1.29 is 13.2 Å². The molecule has 2 rings (SSSR count). The summed E-state index contributed by atoms with van der Waals surface area (Å²) in [5.74, 6) is 0. The molecule has 1 aromatic heterocycles. The molecule has 0 unspecified atom stereocenters. The van der Waals surface area contributed by atoms with Gasteiger partial charge in [-0.2, -0.15) is 18.3 Å². The normalized spacial score (nSPS) is 19.5. The molecule has 1 aromatic rings. The Morgan fingerprint density at radius 2 is 1.82 bits per heavy atom. The summed E-state index contributed by atoms with van der Waals surface area (Å²) in [5, 5.41) is 3.88. The fourth-order valence-electron chi connectivity index (χ4n) is 1.90. The molecule has 0 saturated heterocycles. The van der Waals surface area contributed by atoms with Crippen LogP contribution in [0, 0.1) is 0 Å². The van der Waals surface area contributed by atoms with Crippen molar-refractivity contribution in [1.82, 2.24) is 9.78 Å². The van der Waals surface area contributed by atoms with Gasteiger partial charge in [0.25, 0.3) is 0 Å². The molecule has 0 spiro atoms. The first-order valence-corrected chi connectivity index (χ1v) is 5.51. The van der Waals surface area contributed by atoms with Crippen LogP contribution >= 0.6 is 0 Å². The van der Waals surface area contributed by atoms with Crippen LogP contribution < -0.4 is 5.73 Å². The molecular weight excluding hydrogens is 231 g/mol. The number of rotatable bonds is 1. The quantitative estimate of drug-likeness (QED) is 0.829. The molecule has 0 aliphatic heterocycles. The Kier molecular flexibility index (Phi) is 2.37. The first-order chi connectivity index (χ1) is 7.56. The second-order valence-corrected chi connectivity index (χ2v) is 5.64. The molecule has 0 atom stereocenters. The lowest BCUT2D eigenvalue weighted by molar-refractivity contribution is -0.147. The second kappa shape index (κ2) is 3.25. The van der Waals surface area contributed by atoms with E-state index in [9.17, 15) is 13.2 Å². The average molecular weight is 247 g/mol. The zero-order chi connectivity index (χ0) is 13.1. The van der Waals surface area contributed by atoms with Crippen LogP contribution in [-0.2, 0) is 17.3 Å². The second-order valence-electron chi connectivity index (χ2n) is 5.64. The minimum absolute atomic E-state index is 0.125. The highest BCUT2D eigenvalue weighted by Crippen LogP contribution is 2.48. The Balaban J connectivity index is 2.60. The molecule has 1 fully saturated rings. The van der Waals surface area contributed by atoms with Gasteiger partial charge in [0.15, 0.2) is 0 Å². The fourth-order valence-corrected chi connectivity index (χ4v) is 1.90. The van der Waals surface area contributed by atoms with Gasteiger partial charge in [0.05, 0.1) is 11.7 Å². The van der Waals surface area contributed by atoms with E-state index in [1.807, 2.05) is 0 Å². The van der Waals surface area contributed by atoms with Crippen LogP contribution in [0.4, 0.5) is 13.2 Å². The summed E-state index contributed by atoms with van der Waals surface area (Å²) in [6, 6.07) is 0. The molecule has 17 heavy (non-hydrogen) atoms. The number of aromatic nitrogens is 2. The van der Waals surface area contributed by atoms with Crippen molar-refractivity contribution in [3.63, 3.8) is 0 Å². The SMILES string of the molecule is CC(C)(C)n1ncc(C2(N)CC2)c1C(F)(F)F. The van der Waals surface area contributed by atoms with E-state index in [1.165, 1.54) is 6.20 Å². The van der Waals surface area contributed by atoms with E-state index in [0.717, 1.165) is 4.68 Å². The molecule has 2 N–H and O–H groups in total. The topological polar surface area (TPSA) is 43.8 Å². The van der Waals surface area contributed by atoms with Gasteiger partial charge in [-0.25, -0.2) is 0 Å². The minimum Gasteiger partial charge on any atom is -0.321 e. The van der Waals surface area contributed by atoms with Gasteiger partial charge in [-0.05, 0) is 33.6 Å². The van der Waals surface area contributed by atoms with E-state index < -0.39 is 22.9 Å². The molecule has 1 saturated carbocycles. The summed E-state index contributed by atoms with van der Waals surface area (Å²) in [5.41, 5.74) is 3.75. The highest BCUT2D eigenvalue weighted by molar-refractivity contribution is 5.34. The molecule has 0 radical (unpaired) electrons. The molecule has 3 nitrogen and oxygen atoms in total. The van der Waals surface area contributed by atoms with Gasteiger partial charge < -0.3 is 5.73 Å². The number of hydrogen-bond donors (Lipinski definition) is 1. The maximum atomic E-state index is 13.1. The average Bonchev–Trinajstić information content (AvgIpc) is 2.71. The molecule has 1 aliphatic carbocycles. The molecule has 6 heteroatoms. The first kappa shape index (κ1) is 12.4. The first-order valence-electron chi connectivity index (χ1n) is 5.51. The lowest BCUT2D eigenvalue weighted by atomic mass is 10.0. The van der Waals surface area contributed by atoms with Gasteiger partial charge in [0.1, 0.15) is 5.69 Å². The van der Waals surface area contributed by atoms with Crippen molar-refractivity contribution in [3.8, 4) is 0 Å². The van der Waals surface area contributed by atoms with Crippen molar-refractivity contribution in [2.75, 3.05) is 0 Å². The third-order valence-corrected chi connectivity index (χ3v) is 3.00. The predicted molar refractivity (Wildman–Crippen MR) is 57.3 cm³/mol. The standard InChI is InChI=1S/C11H16F3N3/c1-9(2,3)17-8(11(12,13)14)7(6-16-17)10(15)4-5-10/h6H,4-5,15H2,1-3H3. The third kappa shape index (κ3) is 2.06. The summed E-state index contributed by atoms with van der Waals surface area (Å²) in [6.07, 6.45) is -1.98. The zero-order valence-corrected chi connectivity index (χ0v) is 10.1. The van der Waals surface area contributed by atoms with Crippen LogP contribution in [0.2, 0.25) is 0 Å². The monoisotopic (exact) mass is 247 g/mol. The number of hydrogen-bond acceptors (Lipinski definition) is 2. The Bertz CT molecular complexity index is 413. The van der Waals surface area contributed by atoms with E-state index in [0.29, 0.717) is 12.8 Å². The summed E-state index contributed by atoms with van der Waals surface area (Å²) in [4.78, 5) is 0. The van der Waals surface area contributed by atoms with Gasteiger partial charge in [-0.15, -0.1) is 0 Å². The van der Waals surface area contributed by atoms with Crippen molar-refractivity contribution in [2.24, 2.45) is 5.73 Å². The van der Waals surface area contributed by atoms with E-state index >= 15 is 0 Å². The third-order valence-electron chi connectivity index (χ3n) is 3.00. The predicted octanol–water partition coefficient (Wildman–Crippen LogP) is 2.60. The number of halogens is 3. The summed E-state index contributed by atoms with van der Waals surface area (Å²) < 4.78 is 40.4. The molecule has 0 amide bonds. The summed E-state index contributed by atoms with van der Waals surface area (Å²) in [6.45, 7) is 5.07. The van der Waals surface area contributed by atoms with Gasteiger partial charge in [0, 0.05) is 11.1 Å². The minimum atomic E-state index is -4.42. The number of nitrogens with zero attached hydrogens (tertiary/aromatic N) is 2. The van der Waals surface area contributed by atoms with Crippen LogP contribution in [0.25, 0.3) is 0 Å². The summed E-state index contributed by atoms with van der Waals surface area (Å²) >= 11 is 0.